The van der Waals surface area contributed by atoms with E-state index in [-0.39, 0.29) is 6.42 Å². The van der Waals surface area contributed by atoms with E-state index in [0.29, 0.717) is 18.9 Å². The van der Waals surface area contributed by atoms with E-state index < -0.39 is 11.8 Å². The molecule has 0 saturated heterocycles. The summed E-state index contributed by atoms with van der Waals surface area (Å²) >= 11 is 0. The second kappa shape index (κ2) is 5.95. The molecule has 0 spiro atoms. The Labute approximate surface area is 82.4 Å². The van der Waals surface area contributed by atoms with Crippen LogP contribution < -0.4 is 11.1 Å². The number of carbonyl (C=O) groups excluding carboxylic acids is 1. The van der Waals surface area contributed by atoms with Crippen molar-refractivity contribution in [2.24, 2.45) is 5.73 Å². The van der Waals surface area contributed by atoms with Crippen molar-refractivity contribution < 1.29 is 19.3 Å². The van der Waals surface area contributed by atoms with E-state index in [1.54, 1.807) is 18.7 Å². The lowest BCUT2D eigenvalue weighted by atomic mass is 10.2. The molecule has 0 aliphatic rings. The van der Waals surface area contributed by atoms with E-state index >= 15 is 0 Å². The fraction of sp³-hybridized carbons (Fsp3) is 0.625. The molecule has 6 nitrogen and oxygen atoms in total. The maximum Gasteiger partial charge on any atom is 0.372 e. The number of nitrogens with one attached hydrogen (secondary N) is 1. The SMILES string of the molecule is C[N+](C)=C(N)NCCCC(=O)C(=O)O. The van der Waals surface area contributed by atoms with Gasteiger partial charge in [-0.3, -0.25) is 20.4 Å². The minimum atomic E-state index is -1.38. The van der Waals surface area contributed by atoms with Crippen molar-refractivity contribution in [3.8, 4) is 0 Å². The van der Waals surface area contributed by atoms with Crippen molar-refractivity contribution in [3.63, 3.8) is 0 Å². The first-order chi connectivity index (χ1) is 6.45. The number of nitrogens with zero attached hydrogens (tertiary/aromatic N) is 1. The van der Waals surface area contributed by atoms with Gasteiger partial charge in [0.2, 0.25) is 5.78 Å². The van der Waals surface area contributed by atoms with Gasteiger partial charge in [-0.15, -0.1) is 0 Å². The predicted molar refractivity (Wildman–Crippen MR) is 51.2 cm³/mol. The Morgan fingerprint density at radius 3 is 2.43 bits per heavy atom. The van der Waals surface area contributed by atoms with Crippen molar-refractivity contribution >= 4 is 17.7 Å². The molecule has 0 unspecified atom stereocenters. The van der Waals surface area contributed by atoms with Crippen molar-refractivity contribution in [3.05, 3.63) is 0 Å². The number of ketones is 1. The third-order valence-electron chi connectivity index (χ3n) is 1.61. The van der Waals surface area contributed by atoms with Gasteiger partial charge in [0.15, 0.2) is 0 Å². The van der Waals surface area contributed by atoms with E-state index in [4.69, 9.17) is 10.8 Å². The van der Waals surface area contributed by atoms with Gasteiger partial charge in [0.05, 0.1) is 20.6 Å². The third kappa shape index (κ3) is 5.13. The van der Waals surface area contributed by atoms with Gasteiger partial charge in [-0.05, 0) is 6.42 Å². The maximum atomic E-state index is 10.6. The lowest BCUT2D eigenvalue weighted by molar-refractivity contribution is -0.467. The number of aliphatic carboxylic acids is 1. The second-order valence-electron chi connectivity index (χ2n) is 3.04. The van der Waals surface area contributed by atoms with Gasteiger partial charge in [-0.2, -0.15) is 0 Å². The Balaban J connectivity index is 3.63. The van der Waals surface area contributed by atoms with Crippen molar-refractivity contribution in [2.75, 3.05) is 20.6 Å². The highest BCUT2D eigenvalue weighted by molar-refractivity contribution is 6.32. The molecule has 0 aromatic rings. The summed E-state index contributed by atoms with van der Waals surface area (Å²) in [4.78, 5) is 20.8. The number of carbonyl (C=O) groups is 2. The van der Waals surface area contributed by atoms with Crippen molar-refractivity contribution in [1.29, 1.82) is 0 Å². The Morgan fingerprint density at radius 1 is 1.43 bits per heavy atom. The van der Waals surface area contributed by atoms with E-state index in [0.717, 1.165) is 0 Å². The molecule has 6 heteroatoms. The minimum Gasteiger partial charge on any atom is -0.476 e. The van der Waals surface area contributed by atoms with Crippen LogP contribution in [0.1, 0.15) is 12.8 Å². The summed E-state index contributed by atoms with van der Waals surface area (Å²) in [6.45, 7) is 0.489. The zero-order valence-corrected chi connectivity index (χ0v) is 8.41. The van der Waals surface area contributed by atoms with Crippen LogP contribution >= 0.6 is 0 Å². The van der Waals surface area contributed by atoms with Crippen LogP contribution in [0.5, 0.6) is 0 Å². The molecule has 0 aromatic heterocycles. The average Bonchev–Trinajstić information content (AvgIpc) is 2.11. The first-order valence-electron chi connectivity index (χ1n) is 4.25. The van der Waals surface area contributed by atoms with Gasteiger partial charge in [-0.25, -0.2) is 4.79 Å². The quantitative estimate of drug-likeness (QED) is 0.167. The molecule has 0 fully saturated rings. The predicted octanol–water partition coefficient (Wildman–Crippen LogP) is -1.40. The molecule has 0 aliphatic carbocycles. The number of guanidine groups is 1. The lowest BCUT2D eigenvalue weighted by Crippen LogP contribution is -2.38. The normalized spacial score (nSPS) is 9.29. The van der Waals surface area contributed by atoms with Crippen LogP contribution in [-0.2, 0) is 9.59 Å². The van der Waals surface area contributed by atoms with Crippen LogP contribution in [0.3, 0.4) is 0 Å². The molecular weight excluding hydrogens is 186 g/mol. The van der Waals surface area contributed by atoms with Gasteiger partial charge in [0.25, 0.3) is 0 Å². The fourth-order valence-corrected chi connectivity index (χ4v) is 0.730. The summed E-state index contributed by atoms with van der Waals surface area (Å²) in [7, 11) is 3.56. The van der Waals surface area contributed by atoms with Crippen molar-refractivity contribution in [1.82, 2.24) is 5.32 Å². The summed E-state index contributed by atoms with van der Waals surface area (Å²) in [5.41, 5.74) is 5.52. The molecule has 0 saturated carbocycles. The van der Waals surface area contributed by atoms with Crippen LogP contribution in [0.4, 0.5) is 0 Å². The van der Waals surface area contributed by atoms with E-state index in [1.807, 2.05) is 0 Å². The number of carboxylic acid groups (broad SMARTS) is 1. The molecule has 0 radical (unpaired) electrons. The highest BCUT2D eigenvalue weighted by atomic mass is 16.4. The number of nitrogens with two attached hydrogens (primary N) is 1. The number of rotatable bonds is 5. The molecule has 0 aromatic carbocycles. The van der Waals surface area contributed by atoms with Crippen LogP contribution in [0.15, 0.2) is 0 Å². The number of carboxylic acids is 1. The van der Waals surface area contributed by atoms with Crippen molar-refractivity contribution in [2.45, 2.75) is 12.8 Å². The zero-order chi connectivity index (χ0) is 11.1. The lowest BCUT2D eigenvalue weighted by Gasteiger charge is -2.00. The highest BCUT2D eigenvalue weighted by Crippen LogP contribution is 1.88. The van der Waals surface area contributed by atoms with Gasteiger partial charge in [-0.1, -0.05) is 0 Å². The van der Waals surface area contributed by atoms with Crippen LogP contribution in [-0.4, -0.2) is 48.0 Å². The molecule has 0 bridgehead atoms. The highest BCUT2D eigenvalue weighted by Gasteiger charge is 2.10. The average molecular weight is 202 g/mol. The molecule has 0 rings (SSSR count). The number of hydrogen-bond acceptors (Lipinski definition) is 2. The first-order valence-corrected chi connectivity index (χ1v) is 4.25. The standard InChI is InChI=1S/C8H15N3O3/c1-11(2)8(9)10-5-3-4-6(12)7(13)14/h3-5H2,1-2H3,(H3,9,10,13,14)/p+1. The summed E-state index contributed by atoms with van der Waals surface area (Å²) < 4.78 is 1.69. The fourth-order valence-electron chi connectivity index (χ4n) is 0.730. The second-order valence-corrected chi connectivity index (χ2v) is 3.04. The van der Waals surface area contributed by atoms with Crippen LogP contribution in [0.2, 0.25) is 0 Å². The van der Waals surface area contributed by atoms with E-state index in [2.05, 4.69) is 5.32 Å². The van der Waals surface area contributed by atoms with E-state index in [9.17, 15) is 9.59 Å². The molecule has 80 valence electrons. The number of hydrogen-bond donors (Lipinski definition) is 3. The Bertz CT molecular complexity index is 257. The molecule has 0 heterocycles. The molecule has 4 N–H and O–H groups in total. The molecule has 0 atom stereocenters. The van der Waals surface area contributed by atoms with E-state index in [1.165, 1.54) is 0 Å². The monoisotopic (exact) mass is 202 g/mol. The zero-order valence-electron chi connectivity index (χ0n) is 8.41. The van der Waals surface area contributed by atoms with Gasteiger partial charge >= 0.3 is 11.9 Å². The Hall–Kier alpha value is -1.59. The molecule has 0 amide bonds. The smallest absolute Gasteiger partial charge is 0.372 e. The number of Topliss-reactive ketones (excluding diaryl/α,β-unsaturated/α-hetero) is 1. The van der Waals surface area contributed by atoms with Crippen LogP contribution in [0.25, 0.3) is 0 Å². The summed E-state index contributed by atoms with van der Waals surface area (Å²) in [6.07, 6.45) is 0.489. The Kier molecular flexibility index (Phi) is 5.28. The van der Waals surface area contributed by atoms with Gasteiger partial charge < -0.3 is 5.11 Å². The van der Waals surface area contributed by atoms with Gasteiger partial charge in [0.1, 0.15) is 0 Å². The molecular formula is C8H16N3O3+. The van der Waals surface area contributed by atoms with Crippen LogP contribution in [0, 0.1) is 0 Å². The molecule has 14 heavy (non-hydrogen) atoms. The first kappa shape index (κ1) is 12.4. The summed E-state index contributed by atoms with van der Waals surface area (Å²) in [6, 6.07) is 0. The topological polar surface area (TPSA) is 95.4 Å². The summed E-state index contributed by atoms with van der Waals surface area (Å²) in [5, 5.41) is 11.1. The minimum absolute atomic E-state index is 0.0308. The van der Waals surface area contributed by atoms with Gasteiger partial charge in [0, 0.05) is 6.42 Å². The largest absolute Gasteiger partial charge is 0.476 e. The summed E-state index contributed by atoms with van der Waals surface area (Å²) in [5.74, 6) is -1.66. The Morgan fingerprint density at radius 2 is 2.00 bits per heavy atom. The maximum absolute atomic E-state index is 10.6. The molecule has 0 aliphatic heterocycles. The third-order valence-corrected chi connectivity index (χ3v) is 1.61.